The molecule has 0 aliphatic rings. The largest absolute Gasteiger partial charge is 0.126 e. The molecule has 0 heterocycles. The van der Waals surface area contributed by atoms with Crippen LogP contribution in [0.4, 0.5) is 0 Å². The lowest BCUT2D eigenvalue weighted by Gasteiger charge is -2.04. The molecule has 0 N–H and O–H groups in total. The van der Waals surface area contributed by atoms with Crippen LogP contribution in [0.25, 0.3) is 5.57 Å². The second kappa shape index (κ2) is 5.08. The molecule has 0 saturated carbocycles. The van der Waals surface area contributed by atoms with Gasteiger partial charge in [-0.15, -0.1) is 11.6 Å². The third-order valence-corrected chi connectivity index (χ3v) is 2.35. The zero-order valence-electron chi connectivity index (χ0n) is 8.18. The van der Waals surface area contributed by atoms with Gasteiger partial charge in [0.1, 0.15) is 0 Å². The van der Waals surface area contributed by atoms with Gasteiger partial charge < -0.3 is 0 Å². The average Bonchev–Trinajstić information content (AvgIpc) is 2.15. The van der Waals surface area contributed by atoms with Crippen molar-refractivity contribution in [3.8, 4) is 0 Å². The SMILES string of the molecule is CC(=CCCCl)c1ccccc1C. The van der Waals surface area contributed by atoms with E-state index in [4.69, 9.17) is 11.6 Å². The van der Waals surface area contributed by atoms with Crippen molar-refractivity contribution in [2.24, 2.45) is 0 Å². The van der Waals surface area contributed by atoms with Crippen molar-refractivity contribution in [2.45, 2.75) is 20.3 Å². The number of allylic oxidation sites excluding steroid dienone is 2. The lowest BCUT2D eigenvalue weighted by Crippen LogP contribution is -1.84. The molecule has 0 aliphatic heterocycles. The van der Waals surface area contributed by atoms with E-state index in [1.165, 1.54) is 16.7 Å². The monoisotopic (exact) mass is 194 g/mol. The number of rotatable bonds is 3. The van der Waals surface area contributed by atoms with Crippen LogP contribution in [-0.4, -0.2) is 5.88 Å². The van der Waals surface area contributed by atoms with Gasteiger partial charge >= 0.3 is 0 Å². The molecule has 0 aromatic heterocycles. The minimum absolute atomic E-state index is 0.698. The molecule has 0 bridgehead atoms. The quantitative estimate of drug-likeness (QED) is 0.638. The van der Waals surface area contributed by atoms with E-state index < -0.39 is 0 Å². The Hall–Kier alpha value is -0.750. The zero-order chi connectivity index (χ0) is 9.68. The summed E-state index contributed by atoms with van der Waals surface area (Å²) in [7, 11) is 0. The van der Waals surface area contributed by atoms with Gasteiger partial charge in [0.05, 0.1) is 0 Å². The van der Waals surface area contributed by atoms with Crippen LogP contribution in [0, 0.1) is 6.92 Å². The molecule has 0 saturated heterocycles. The molecule has 1 rings (SSSR count). The molecule has 0 spiro atoms. The van der Waals surface area contributed by atoms with Gasteiger partial charge in [-0.25, -0.2) is 0 Å². The average molecular weight is 195 g/mol. The van der Waals surface area contributed by atoms with Gasteiger partial charge in [-0.05, 0) is 37.0 Å². The fourth-order valence-corrected chi connectivity index (χ4v) is 1.51. The van der Waals surface area contributed by atoms with E-state index in [0.717, 1.165) is 6.42 Å². The minimum Gasteiger partial charge on any atom is -0.126 e. The number of hydrogen-bond donors (Lipinski definition) is 0. The van der Waals surface area contributed by atoms with Crippen LogP contribution in [0.15, 0.2) is 30.3 Å². The highest BCUT2D eigenvalue weighted by atomic mass is 35.5. The van der Waals surface area contributed by atoms with E-state index in [-0.39, 0.29) is 0 Å². The molecule has 0 unspecified atom stereocenters. The van der Waals surface area contributed by atoms with Crippen molar-refractivity contribution in [3.63, 3.8) is 0 Å². The summed E-state index contributed by atoms with van der Waals surface area (Å²) in [6, 6.07) is 8.41. The summed E-state index contributed by atoms with van der Waals surface area (Å²) >= 11 is 5.63. The molecule has 1 aromatic carbocycles. The maximum Gasteiger partial charge on any atom is 0.0258 e. The highest BCUT2D eigenvalue weighted by Gasteiger charge is 1.97. The first-order valence-electron chi connectivity index (χ1n) is 4.54. The Morgan fingerprint density at radius 3 is 2.69 bits per heavy atom. The van der Waals surface area contributed by atoms with Gasteiger partial charge in [-0.3, -0.25) is 0 Å². The Balaban J connectivity index is 2.88. The standard InChI is InChI=1S/C12H15Cl/c1-10-6-3-4-8-12(10)11(2)7-5-9-13/h3-4,6-8H,5,9H2,1-2H3. The van der Waals surface area contributed by atoms with E-state index in [9.17, 15) is 0 Å². The van der Waals surface area contributed by atoms with Gasteiger partial charge in [-0.2, -0.15) is 0 Å². The first-order chi connectivity index (χ1) is 6.25. The molecule has 0 fully saturated rings. The first-order valence-corrected chi connectivity index (χ1v) is 5.08. The molecule has 0 radical (unpaired) electrons. The number of halogens is 1. The van der Waals surface area contributed by atoms with Crippen LogP contribution < -0.4 is 0 Å². The van der Waals surface area contributed by atoms with Gasteiger partial charge in [0.15, 0.2) is 0 Å². The number of hydrogen-bond acceptors (Lipinski definition) is 0. The van der Waals surface area contributed by atoms with Gasteiger partial charge in [0.25, 0.3) is 0 Å². The molecule has 13 heavy (non-hydrogen) atoms. The summed E-state index contributed by atoms with van der Waals surface area (Å²) in [5.41, 5.74) is 3.97. The Morgan fingerprint density at radius 2 is 2.08 bits per heavy atom. The lowest BCUT2D eigenvalue weighted by atomic mass is 10.0. The van der Waals surface area contributed by atoms with E-state index in [2.05, 4.69) is 44.2 Å². The fraction of sp³-hybridized carbons (Fsp3) is 0.333. The number of alkyl halides is 1. The van der Waals surface area contributed by atoms with Crippen molar-refractivity contribution >= 4 is 17.2 Å². The van der Waals surface area contributed by atoms with Crippen LogP contribution in [0.5, 0.6) is 0 Å². The first kappa shape index (κ1) is 10.3. The maximum absolute atomic E-state index is 5.63. The molecule has 0 aliphatic carbocycles. The van der Waals surface area contributed by atoms with E-state index >= 15 is 0 Å². The lowest BCUT2D eigenvalue weighted by molar-refractivity contribution is 1.23. The van der Waals surface area contributed by atoms with Crippen molar-refractivity contribution in [3.05, 3.63) is 41.5 Å². The minimum atomic E-state index is 0.698. The third kappa shape index (κ3) is 2.89. The molecule has 1 aromatic rings. The Bertz CT molecular complexity index is 300. The van der Waals surface area contributed by atoms with Gasteiger partial charge in [-0.1, -0.05) is 30.3 Å². The molecule has 1 heteroatoms. The van der Waals surface area contributed by atoms with Crippen molar-refractivity contribution in [2.75, 3.05) is 5.88 Å². The molecule has 0 amide bonds. The summed E-state index contributed by atoms with van der Waals surface area (Å²) < 4.78 is 0. The second-order valence-electron chi connectivity index (χ2n) is 3.18. The van der Waals surface area contributed by atoms with E-state index in [1.54, 1.807) is 0 Å². The zero-order valence-corrected chi connectivity index (χ0v) is 8.93. The van der Waals surface area contributed by atoms with E-state index in [1.807, 2.05) is 0 Å². The van der Waals surface area contributed by atoms with Crippen LogP contribution >= 0.6 is 11.6 Å². The van der Waals surface area contributed by atoms with Crippen LogP contribution in [0.2, 0.25) is 0 Å². The van der Waals surface area contributed by atoms with Crippen molar-refractivity contribution in [1.29, 1.82) is 0 Å². The topological polar surface area (TPSA) is 0 Å². The number of aryl methyl sites for hydroxylation is 1. The van der Waals surface area contributed by atoms with Crippen LogP contribution in [0.1, 0.15) is 24.5 Å². The fourth-order valence-electron chi connectivity index (χ4n) is 1.40. The maximum atomic E-state index is 5.63. The highest BCUT2D eigenvalue weighted by Crippen LogP contribution is 2.18. The van der Waals surface area contributed by atoms with Crippen LogP contribution in [-0.2, 0) is 0 Å². The van der Waals surface area contributed by atoms with Gasteiger partial charge in [0, 0.05) is 5.88 Å². The number of benzene rings is 1. The molecular formula is C12H15Cl. The van der Waals surface area contributed by atoms with E-state index in [0.29, 0.717) is 5.88 Å². The van der Waals surface area contributed by atoms with Gasteiger partial charge in [0.2, 0.25) is 0 Å². The molecule has 70 valence electrons. The Labute approximate surface area is 85.2 Å². The molecular weight excluding hydrogens is 180 g/mol. The predicted octanol–water partition coefficient (Wildman–Crippen LogP) is 4.03. The highest BCUT2D eigenvalue weighted by molar-refractivity contribution is 6.17. The summed E-state index contributed by atoms with van der Waals surface area (Å²) in [6.45, 7) is 4.27. The summed E-state index contributed by atoms with van der Waals surface area (Å²) in [5.74, 6) is 0.698. The predicted molar refractivity (Wildman–Crippen MR) is 60.2 cm³/mol. The van der Waals surface area contributed by atoms with Crippen molar-refractivity contribution in [1.82, 2.24) is 0 Å². The second-order valence-corrected chi connectivity index (χ2v) is 3.56. The normalized spacial score (nSPS) is 11.8. The summed E-state index contributed by atoms with van der Waals surface area (Å²) in [5, 5.41) is 0. The van der Waals surface area contributed by atoms with Crippen molar-refractivity contribution < 1.29 is 0 Å². The summed E-state index contributed by atoms with van der Waals surface area (Å²) in [6.07, 6.45) is 3.14. The Morgan fingerprint density at radius 1 is 1.38 bits per heavy atom. The third-order valence-electron chi connectivity index (χ3n) is 2.13. The summed E-state index contributed by atoms with van der Waals surface area (Å²) in [4.78, 5) is 0. The molecule has 0 atom stereocenters. The molecule has 0 nitrogen and oxygen atoms in total. The van der Waals surface area contributed by atoms with Crippen LogP contribution in [0.3, 0.4) is 0 Å². The Kier molecular flexibility index (Phi) is 4.04. The smallest absolute Gasteiger partial charge is 0.0258 e.